The maximum absolute atomic E-state index is 12.0. The first kappa shape index (κ1) is 27.0. The van der Waals surface area contributed by atoms with Gasteiger partial charge in [0.1, 0.15) is 5.75 Å². The largest absolute Gasteiger partial charge is 0.426 e. The Morgan fingerprint density at radius 3 is 2.03 bits per heavy atom. The van der Waals surface area contributed by atoms with Crippen molar-refractivity contribution in [2.75, 3.05) is 13.2 Å². The first-order valence-corrected chi connectivity index (χ1v) is 12.9. The Balaban J connectivity index is 1.66. The second-order valence-electron chi connectivity index (χ2n) is 8.71. The zero-order chi connectivity index (χ0) is 23.6. The minimum absolute atomic E-state index is 0.261. The maximum Gasteiger partial charge on any atom is 0.313 e. The van der Waals surface area contributed by atoms with Gasteiger partial charge >= 0.3 is 5.97 Å². The highest BCUT2D eigenvalue weighted by Crippen LogP contribution is 2.20. The van der Waals surface area contributed by atoms with E-state index in [0.29, 0.717) is 24.8 Å². The number of aromatic nitrogens is 2. The van der Waals surface area contributed by atoms with Crippen molar-refractivity contribution in [1.29, 1.82) is 0 Å². The van der Waals surface area contributed by atoms with Gasteiger partial charge in [0, 0.05) is 24.6 Å². The lowest BCUT2D eigenvalue weighted by Crippen LogP contribution is -2.11. The SMILES string of the molecule is CCCCCCCCCCc1cnc(-c2ccc(OC(=O)CCOCCCCC)cc2)nc1. The monoisotopic (exact) mass is 454 g/mol. The molecule has 0 aliphatic rings. The van der Waals surface area contributed by atoms with Crippen molar-refractivity contribution in [3.63, 3.8) is 0 Å². The molecule has 182 valence electrons. The van der Waals surface area contributed by atoms with Crippen molar-refractivity contribution in [2.24, 2.45) is 0 Å². The van der Waals surface area contributed by atoms with Crippen molar-refractivity contribution < 1.29 is 14.3 Å². The van der Waals surface area contributed by atoms with Gasteiger partial charge in [-0.1, -0.05) is 71.6 Å². The van der Waals surface area contributed by atoms with Crippen LogP contribution in [0.1, 0.15) is 96.5 Å². The number of hydrogen-bond donors (Lipinski definition) is 0. The Morgan fingerprint density at radius 2 is 1.36 bits per heavy atom. The molecule has 5 heteroatoms. The van der Waals surface area contributed by atoms with Crippen molar-refractivity contribution >= 4 is 5.97 Å². The maximum atomic E-state index is 12.0. The summed E-state index contributed by atoms with van der Waals surface area (Å²) in [6.07, 6.45) is 19.1. The number of benzene rings is 1. The molecule has 0 bridgehead atoms. The highest BCUT2D eigenvalue weighted by molar-refractivity contribution is 5.72. The molecule has 2 aromatic rings. The predicted molar refractivity (Wildman–Crippen MR) is 134 cm³/mol. The fourth-order valence-corrected chi connectivity index (χ4v) is 3.66. The fourth-order valence-electron chi connectivity index (χ4n) is 3.66. The van der Waals surface area contributed by atoms with Crippen molar-refractivity contribution in [3.8, 4) is 17.1 Å². The predicted octanol–water partition coefficient (Wildman–Crippen LogP) is 7.33. The molecule has 0 amide bonds. The van der Waals surface area contributed by atoms with Gasteiger partial charge in [-0.05, 0) is 49.1 Å². The van der Waals surface area contributed by atoms with Crippen LogP contribution in [0.4, 0.5) is 0 Å². The molecular weight excluding hydrogens is 412 g/mol. The van der Waals surface area contributed by atoms with Crippen molar-refractivity contribution in [1.82, 2.24) is 9.97 Å². The molecule has 0 aliphatic carbocycles. The quantitative estimate of drug-likeness (QED) is 0.134. The normalized spacial score (nSPS) is 11.0. The highest BCUT2D eigenvalue weighted by atomic mass is 16.5. The van der Waals surface area contributed by atoms with Gasteiger partial charge in [0.05, 0.1) is 13.0 Å². The number of esters is 1. The molecule has 0 saturated heterocycles. The molecule has 0 fully saturated rings. The van der Waals surface area contributed by atoms with E-state index >= 15 is 0 Å². The first-order chi connectivity index (χ1) is 16.2. The summed E-state index contributed by atoms with van der Waals surface area (Å²) in [7, 11) is 0. The van der Waals surface area contributed by atoms with E-state index in [1.54, 1.807) is 12.1 Å². The van der Waals surface area contributed by atoms with Crippen LogP contribution in [0.15, 0.2) is 36.7 Å². The lowest BCUT2D eigenvalue weighted by Gasteiger charge is -2.07. The van der Waals surface area contributed by atoms with Gasteiger partial charge in [-0.25, -0.2) is 9.97 Å². The molecule has 1 aromatic carbocycles. The van der Waals surface area contributed by atoms with E-state index in [1.807, 2.05) is 24.5 Å². The summed E-state index contributed by atoms with van der Waals surface area (Å²) in [6.45, 7) is 5.52. The Labute approximate surface area is 200 Å². The van der Waals surface area contributed by atoms with E-state index in [4.69, 9.17) is 9.47 Å². The lowest BCUT2D eigenvalue weighted by molar-refractivity contribution is -0.135. The Kier molecular flexibility index (Phi) is 14.1. The molecule has 0 N–H and O–H groups in total. The van der Waals surface area contributed by atoms with Crippen LogP contribution in [0.3, 0.4) is 0 Å². The minimum atomic E-state index is -0.278. The van der Waals surface area contributed by atoms with E-state index in [-0.39, 0.29) is 12.4 Å². The summed E-state index contributed by atoms with van der Waals surface area (Å²) in [4.78, 5) is 21.0. The molecule has 5 nitrogen and oxygen atoms in total. The number of aryl methyl sites for hydroxylation is 1. The van der Waals surface area contributed by atoms with E-state index in [1.165, 1.54) is 56.9 Å². The van der Waals surface area contributed by atoms with Gasteiger partial charge in [0.25, 0.3) is 0 Å². The van der Waals surface area contributed by atoms with Gasteiger partial charge in [0.2, 0.25) is 0 Å². The zero-order valence-electron chi connectivity index (χ0n) is 20.7. The molecule has 0 radical (unpaired) electrons. The average molecular weight is 455 g/mol. The molecule has 0 aliphatic heterocycles. The molecule has 0 atom stereocenters. The topological polar surface area (TPSA) is 61.3 Å². The van der Waals surface area contributed by atoms with E-state index in [2.05, 4.69) is 23.8 Å². The summed E-state index contributed by atoms with van der Waals surface area (Å²) >= 11 is 0. The molecule has 1 heterocycles. The molecule has 0 spiro atoms. The number of unbranched alkanes of at least 4 members (excludes halogenated alkanes) is 9. The molecule has 33 heavy (non-hydrogen) atoms. The number of ether oxygens (including phenoxy) is 2. The van der Waals surface area contributed by atoms with Crippen LogP contribution in [0.2, 0.25) is 0 Å². The molecule has 0 unspecified atom stereocenters. The summed E-state index contributed by atoms with van der Waals surface area (Å²) in [5.74, 6) is 0.939. The van der Waals surface area contributed by atoms with Crippen LogP contribution in [0, 0.1) is 0 Å². The molecular formula is C28H42N2O3. The number of rotatable bonds is 18. The number of carbonyl (C=O) groups excluding carboxylic acids is 1. The summed E-state index contributed by atoms with van der Waals surface area (Å²) in [6, 6.07) is 7.34. The van der Waals surface area contributed by atoms with Crippen LogP contribution in [-0.2, 0) is 16.0 Å². The second-order valence-corrected chi connectivity index (χ2v) is 8.71. The second kappa shape index (κ2) is 17.2. The van der Waals surface area contributed by atoms with Gasteiger partial charge in [0.15, 0.2) is 5.82 Å². The number of carbonyl (C=O) groups is 1. The van der Waals surface area contributed by atoms with E-state index in [0.717, 1.165) is 31.2 Å². The van der Waals surface area contributed by atoms with Crippen molar-refractivity contribution in [2.45, 2.75) is 97.3 Å². The first-order valence-electron chi connectivity index (χ1n) is 12.9. The van der Waals surface area contributed by atoms with Gasteiger partial charge in [-0.15, -0.1) is 0 Å². The average Bonchev–Trinajstić information content (AvgIpc) is 2.84. The van der Waals surface area contributed by atoms with E-state index in [9.17, 15) is 4.79 Å². The molecule has 2 rings (SSSR count). The molecule has 1 aromatic heterocycles. The number of nitrogens with zero attached hydrogens (tertiary/aromatic N) is 2. The number of hydrogen-bond acceptors (Lipinski definition) is 5. The Hall–Kier alpha value is -2.27. The van der Waals surface area contributed by atoms with Crippen LogP contribution < -0.4 is 4.74 Å². The standard InChI is InChI=1S/C28H42N2O3/c1-3-5-7-8-9-10-11-12-14-24-22-29-28(30-23-24)25-15-17-26(18-16-25)33-27(31)19-21-32-20-13-6-4-2/h15-18,22-23H,3-14,19-21H2,1-2H3. The summed E-state index contributed by atoms with van der Waals surface area (Å²) in [5.41, 5.74) is 2.10. The van der Waals surface area contributed by atoms with Gasteiger partial charge in [-0.2, -0.15) is 0 Å². The van der Waals surface area contributed by atoms with Crippen LogP contribution in [-0.4, -0.2) is 29.2 Å². The smallest absolute Gasteiger partial charge is 0.313 e. The van der Waals surface area contributed by atoms with E-state index < -0.39 is 0 Å². The van der Waals surface area contributed by atoms with Crippen molar-refractivity contribution in [3.05, 3.63) is 42.2 Å². The fraction of sp³-hybridized carbons (Fsp3) is 0.607. The van der Waals surface area contributed by atoms with Gasteiger partial charge < -0.3 is 9.47 Å². The lowest BCUT2D eigenvalue weighted by atomic mass is 10.1. The zero-order valence-corrected chi connectivity index (χ0v) is 20.7. The van der Waals surface area contributed by atoms with Gasteiger partial charge in [-0.3, -0.25) is 4.79 Å². The third kappa shape index (κ3) is 12.0. The third-order valence-corrected chi connectivity index (χ3v) is 5.71. The molecule has 0 saturated carbocycles. The van der Waals surface area contributed by atoms with Crippen LogP contribution >= 0.6 is 0 Å². The van der Waals surface area contributed by atoms with Crippen LogP contribution in [0.5, 0.6) is 5.75 Å². The third-order valence-electron chi connectivity index (χ3n) is 5.71. The highest BCUT2D eigenvalue weighted by Gasteiger charge is 2.07. The Morgan fingerprint density at radius 1 is 0.758 bits per heavy atom. The minimum Gasteiger partial charge on any atom is -0.426 e. The Bertz CT molecular complexity index is 760. The summed E-state index contributed by atoms with van der Waals surface area (Å²) in [5, 5.41) is 0. The van der Waals surface area contributed by atoms with Crippen LogP contribution in [0.25, 0.3) is 11.4 Å². The summed E-state index contributed by atoms with van der Waals surface area (Å²) < 4.78 is 10.9.